The molecule has 1 aliphatic carbocycles. The van der Waals surface area contributed by atoms with E-state index >= 15 is 0 Å². The normalized spacial score (nSPS) is 16.7. The van der Waals surface area contributed by atoms with Gasteiger partial charge in [-0.1, -0.05) is 13.8 Å². The molecule has 4 heteroatoms. The first-order valence-corrected chi connectivity index (χ1v) is 6.21. The molecule has 0 spiro atoms. The second kappa shape index (κ2) is 4.53. The van der Waals surface area contributed by atoms with Gasteiger partial charge in [0.1, 0.15) is 12.2 Å². The van der Waals surface area contributed by atoms with Crippen molar-refractivity contribution in [2.24, 2.45) is 5.41 Å². The summed E-state index contributed by atoms with van der Waals surface area (Å²) in [5.41, 5.74) is 0.253. The van der Waals surface area contributed by atoms with Gasteiger partial charge in [-0.05, 0) is 25.2 Å². The predicted octanol–water partition coefficient (Wildman–Crippen LogP) is 1.62. The molecule has 90 valence electrons. The van der Waals surface area contributed by atoms with Gasteiger partial charge < -0.3 is 5.32 Å². The first-order chi connectivity index (χ1) is 7.61. The highest BCUT2D eigenvalue weighted by Crippen LogP contribution is 2.24. The fraction of sp³-hybridized carbons (Fsp3) is 0.833. The highest BCUT2D eigenvalue weighted by molar-refractivity contribution is 4.93. The zero-order chi connectivity index (χ0) is 11.6. The lowest BCUT2D eigenvalue weighted by Gasteiger charge is -2.24. The van der Waals surface area contributed by atoms with Crippen LogP contribution >= 0.6 is 0 Å². The van der Waals surface area contributed by atoms with Crippen molar-refractivity contribution in [2.75, 3.05) is 6.54 Å². The van der Waals surface area contributed by atoms with E-state index < -0.39 is 0 Å². The molecule has 16 heavy (non-hydrogen) atoms. The Hall–Kier alpha value is -0.900. The van der Waals surface area contributed by atoms with Crippen molar-refractivity contribution >= 4 is 0 Å². The van der Waals surface area contributed by atoms with E-state index in [1.165, 1.54) is 12.8 Å². The van der Waals surface area contributed by atoms with Crippen LogP contribution in [0, 0.1) is 5.41 Å². The van der Waals surface area contributed by atoms with Gasteiger partial charge in [-0.3, -0.25) is 4.68 Å². The fourth-order valence-corrected chi connectivity index (χ4v) is 1.89. The van der Waals surface area contributed by atoms with Crippen LogP contribution in [0.3, 0.4) is 0 Å². The molecular formula is C12H22N4. The van der Waals surface area contributed by atoms with E-state index in [9.17, 15) is 0 Å². The van der Waals surface area contributed by atoms with E-state index in [2.05, 4.69) is 36.2 Å². The van der Waals surface area contributed by atoms with E-state index in [0.717, 1.165) is 31.4 Å². The number of rotatable bonds is 6. The summed E-state index contributed by atoms with van der Waals surface area (Å²) < 4.78 is 1.98. The molecule has 0 unspecified atom stereocenters. The molecule has 1 aromatic heterocycles. The van der Waals surface area contributed by atoms with Crippen LogP contribution in [0.25, 0.3) is 0 Å². The summed E-state index contributed by atoms with van der Waals surface area (Å²) in [6.07, 6.45) is 5.34. The summed E-state index contributed by atoms with van der Waals surface area (Å²) in [7, 11) is 0. The van der Waals surface area contributed by atoms with Crippen molar-refractivity contribution in [1.82, 2.24) is 20.1 Å². The molecule has 0 aromatic carbocycles. The van der Waals surface area contributed by atoms with Crippen molar-refractivity contribution < 1.29 is 0 Å². The lowest BCUT2D eigenvalue weighted by atomic mass is 9.89. The number of hydrogen-bond acceptors (Lipinski definition) is 3. The van der Waals surface area contributed by atoms with Crippen LogP contribution in [-0.4, -0.2) is 27.4 Å². The Morgan fingerprint density at radius 2 is 2.25 bits per heavy atom. The van der Waals surface area contributed by atoms with E-state index in [0.29, 0.717) is 0 Å². The highest BCUT2D eigenvalue weighted by atomic mass is 15.3. The van der Waals surface area contributed by atoms with Crippen molar-refractivity contribution in [3.05, 3.63) is 12.2 Å². The van der Waals surface area contributed by atoms with Gasteiger partial charge in [-0.25, -0.2) is 4.98 Å². The van der Waals surface area contributed by atoms with Gasteiger partial charge in [0.05, 0.1) is 0 Å². The molecule has 0 aliphatic heterocycles. The Bertz CT molecular complexity index is 339. The van der Waals surface area contributed by atoms with Gasteiger partial charge in [-0.15, -0.1) is 0 Å². The fourth-order valence-electron chi connectivity index (χ4n) is 1.89. The molecular weight excluding hydrogens is 200 g/mol. The summed E-state index contributed by atoms with van der Waals surface area (Å²) in [6.45, 7) is 8.65. The van der Waals surface area contributed by atoms with Crippen molar-refractivity contribution in [3.63, 3.8) is 0 Å². The molecule has 0 saturated heterocycles. The quantitative estimate of drug-likeness (QED) is 0.795. The van der Waals surface area contributed by atoms with Crippen LogP contribution in [0.1, 0.15) is 39.4 Å². The van der Waals surface area contributed by atoms with Crippen LogP contribution < -0.4 is 5.32 Å². The Morgan fingerprint density at radius 1 is 1.50 bits per heavy atom. The van der Waals surface area contributed by atoms with Gasteiger partial charge in [0, 0.05) is 25.6 Å². The maximum Gasteiger partial charge on any atom is 0.138 e. The van der Waals surface area contributed by atoms with Crippen LogP contribution in [0.2, 0.25) is 0 Å². The minimum absolute atomic E-state index is 0.253. The Kier molecular flexibility index (Phi) is 3.28. The number of aromatic nitrogens is 3. The van der Waals surface area contributed by atoms with Crippen molar-refractivity contribution in [1.29, 1.82) is 0 Å². The SMILES string of the molecule is CCn1ncnc1CC(C)(C)CNC1CC1. The molecule has 1 aliphatic rings. The lowest BCUT2D eigenvalue weighted by molar-refractivity contribution is 0.323. The van der Waals surface area contributed by atoms with Crippen LogP contribution in [0.15, 0.2) is 6.33 Å². The van der Waals surface area contributed by atoms with Crippen molar-refractivity contribution in [3.8, 4) is 0 Å². The van der Waals surface area contributed by atoms with Crippen LogP contribution in [0.4, 0.5) is 0 Å². The molecule has 0 radical (unpaired) electrons. The number of aryl methyl sites for hydroxylation is 1. The average Bonchev–Trinajstić information content (AvgIpc) is 2.96. The lowest BCUT2D eigenvalue weighted by Crippen LogP contribution is -2.33. The van der Waals surface area contributed by atoms with E-state index in [1.807, 2.05) is 4.68 Å². The van der Waals surface area contributed by atoms with Gasteiger partial charge in [0.25, 0.3) is 0 Å². The minimum Gasteiger partial charge on any atom is -0.313 e. The molecule has 4 nitrogen and oxygen atoms in total. The smallest absolute Gasteiger partial charge is 0.138 e. The largest absolute Gasteiger partial charge is 0.313 e. The molecule has 0 atom stereocenters. The predicted molar refractivity (Wildman–Crippen MR) is 64.2 cm³/mol. The summed E-state index contributed by atoms with van der Waals surface area (Å²) in [5, 5.41) is 7.80. The zero-order valence-corrected chi connectivity index (χ0v) is 10.5. The Balaban J connectivity index is 1.90. The van der Waals surface area contributed by atoms with Gasteiger partial charge in [-0.2, -0.15) is 5.10 Å². The maximum absolute atomic E-state index is 4.34. The van der Waals surface area contributed by atoms with E-state index in [1.54, 1.807) is 6.33 Å². The minimum atomic E-state index is 0.253. The standard InChI is InChI=1S/C12H22N4/c1-4-16-11(14-9-15-16)7-12(2,3)8-13-10-5-6-10/h9-10,13H,4-8H2,1-3H3. The second-order valence-electron chi connectivity index (χ2n) is 5.49. The topological polar surface area (TPSA) is 42.7 Å². The maximum atomic E-state index is 4.34. The van der Waals surface area contributed by atoms with Crippen LogP contribution in [-0.2, 0) is 13.0 Å². The van der Waals surface area contributed by atoms with Gasteiger partial charge in [0.2, 0.25) is 0 Å². The second-order valence-corrected chi connectivity index (χ2v) is 5.49. The first kappa shape index (κ1) is 11.6. The molecule has 1 saturated carbocycles. The Labute approximate surface area is 97.5 Å². The number of hydrogen-bond donors (Lipinski definition) is 1. The molecule has 1 heterocycles. The monoisotopic (exact) mass is 222 g/mol. The highest BCUT2D eigenvalue weighted by Gasteiger charge is 2.26. The zero-order valence-electron chi connectivity index (χ0n) is 10.5. The van der Waals surface area contributed by atoms with Gasteiger partial charge in [0.15, 0.2) is 0 Å². The molecule has 1 aromatic rings. The summed E-state index contributed by atoms with van der Waals surface area (Å²) in [5.74, 6) is 1.10. The Morgan fingerprint density at radius 3 is 2.88 bits per heavy atom. The molecule has 0 bridgehead atoms. The third-order valence-electron chi connectivity index (χ3n) is 3.08. The first-order valence-electron chi connectivity index (χ1n) is 6.21. The summed E-state index contributed by atoms with van der Waals surface area (Å²) in [4.78, 5) is 4.34. The molecule has 0 amide bonds. The summed E-state index contributed by atoms with van der Waals surface area (Å²) in [6, 6.07) is 0.781. The molecule has 1 fully saturated rings. The van der Waals surface area contributed by atoms with Gasteiger partial charge >= 0.3 is 0 Å². The third kappa shape index (κ3) is 3.04. The van der Waals surface area contributed by atoms with E-state index in [-0.39, 0.29) is 5.41 Å². The average molecular weight is 222 g/mol. The molecule has 2 rings (SSSR count). The molecule has 1 N–H and O–H groups in total. The van der Waals surface area contributed by atoms with Crippen LogP contribution in [0.5, 0.6) is 0 Å². The third-order valence-corrected chi connectivity index (χ3v) is 3.08. The number of nitrogens with one attached hydrogen (secondary N) is 1. The summed E-state index contributed by atoms with van der Waals surface area (Å²) >= 11 is 0. The van der Waals surface area contributed by atoms with Crippen molar-refractivity contribution in [2.45, 2.75) is 52.6 Å². The van der Waals surface area contributed by atoms with E-state index in [4.69, 9.17) is 0 Å². The number of nitrogens with zero attached hydrogens (tertiary/aromatic N) is 3.